The highest BCUT2D eigenvalue weighted by Crippen LogP contribution is 2.50. The summed E-state index contributed by atoms with van der Waals surface area (Å²) in [5, 5.41) is 1.25. The first-order valence-electron chi connectivity index (χ1n) is 7.70. The summed E-state index contributed by atoms with van der Waals surface area (Å²) in [6, 6.07) is 8.65. The molecule has 3 heteroatoms. The van der Waals surface area contributed by atoms with Gasteiger partial charge < -0.3 is 9.64 Å². The Kier molecular flexibility index (Phi) is 4.00. The summed E-state index contributed by atoms with van der Waals surface area (Å²) in [6.07, 6.45) is 3.49. The van der Waals surface area contributed by atoms with Crippen molar-refractivity contribution in [2.24, 2.45) is 0 Å². The Morgan fingerprint density at radius 3 is 2.65 bits per heavy atom. The van der Waals surface area contributed by atoms with E-state index in [0.717, 1.165) is 31.7 Å². The minimum absolute atomic E-state index is 0.0768. The van der Waals surface area contributed by atoms with Crippen LogP contribution >= 0.6 is 11.8 Å². The molecule has 1 aromatic rings. The molecule has 20 heavy (non-hydrogen) atoms. The Balaban J connectivity index is 1.88. The fourth-order valence-electron chi connectivity index (χ4n) is 3.34. The van der Waals surface area contributed by atoms with Crippen molar-refractivity contribution in [3.63, 3.8) is 0 Å². The van der Waals surface area contributed by atoms with Gasteiger partial charge in [-0.3, -0.25) is 0 Å². The molecule has 1 spiro atoms. The summed E-state index contributed by atoms with van der Waals surface area (Å²) < 4.78 is 6.48. The van der Waals surface area contributed by atoms with Crippen molar-refractivity contribution in [2.75, 3.05) is 20.1 Å². The quantitative estimate of drug-likeness (QED) is 0.813. The van der Waals surface area contributed by atoms with E-state index in [-0.39, 0.29) is 5.60 Å². The first kappa shape index (κ1) is 14.3. The van der Waals surface area contributed by atoms with Crippen LogP contribution in [0.25, 0.3) is 0 Å². The molecule has 0 amide bonds. The van der Waals surface area contributed by atoms with Crippen LogP contribution in [0, 0.1) is 0 Å². The summed E-state index contributed by atoms with van der Waals surface area (Å²) in [4.78, 5) is 2.42. The molecule has 1 fully saturated rings. The van der Waals surface area contributed by atoms with Crippen LogP contribution < -0.4 is 4.74 Å². The molecule has 2 nitrogen and oxygen atoms in total. The zero-order chi connectivity index (χ0) is 14.2. The zero-order valence-electron chi connectivity index (χ0n) is 12.8. The van der Waals surface area contributed by atoms with Crippen LogP contribution in [-0.2, 0) is 0 Å². The van der Waals surface area contributed by atoms with Gasteiger partial charge in [0.15, 0.2) is 0 Å². The fraction of sp³-hybridized carbons (Fsp3) is 0.647. The Morgan fingerprint density at radius 2 is 1.95 bits per heavy atom. The van der Waals surface area contributed by atoms with Crippen molar-refractivity contribution >= 4 is 11.8 Å². The number of hydrogen-bond acceptors (Lipinski definition) is 3. The van der Waals surface area contributed by atoms with E-state index in [2.05, 4.69) is 61.8 Å². The third-order valence-corrected chi connectivity index (χ3v) is 5.78. The molecule has 0 radical (unpaired) electrons. The number of ether oxygens (including phenoxy) is 1. The number of thioether (sulfide) groups is 1. The lowest BCUT2D eigenvalue weighted by molar-refractivity contribution is -0.00961. The average Bonchev–Trinajstić information content (AvgIpc) is 2.42. The van der Waals surface area contributed by atoms with Gasteiger partial charge in [0.05, 0.1) is 0 Å². The highest BCUT2D eigenvalue weighted by Gasteiger charge is 2.42. The van der Waals surface area contributed by atoms with Crippen molar-refractivity contribution in [2.45, 2.75) is 49.2 Å². The smallest absolute Gasteiger partial charge is 0.124 e. The lowest BCUT2D eigenvalue weighted by atomic mass is 9.83. The molecule has 0 N–H and O–H groups in total. The van der Waals surface area contributed by atoms with Crippen LogP contribution in [0.5, 0.6) is 5.75 Å². The molecule has 0 saturated carbocycles. The van der Waals surface area contributed by atoms with Gasteiger partial charge >= 0.3 is 0 Å². The summed E-state index contributed by atoms with van der Waals surface area (Å²) in [5.74, 6) is 1.13. The van der Waals surface area contributed by atoms with Crippen LogP contribution in [0.1, 0.15) is 43.9 Å². The molecule has 3 rings (SSSR count). The summed E-state index contributed by atoms with van der Waals surface area (Å²) in [6.45, 7) is 6.90. The maximum Gasteiger partial charge on any atom is 0.124 e. The Hall–Kier alpha value is -0.670. The third-order valence-electron chi connectivity index (χ3n) is 4.48. The normalized spacial score (nSPS) is 25.5. The summed E-state index contributed by atoms with van der Waals surface area (Å²) in [5.41, 5.74) is 1.48. The van der Waals surface area contributed by atoms with Crippen LogP contribution in [0.3, 0.4) is 0 Å². The number of para-hydroxylation sites is 1. The van der Waals surface area contributed by atoms with E-state index in [1.165, 1.54) is 12.0 Å². The van der Waals surface area contributed by atoms with E-state index in [9.17, 15) is 0 Å². The lowest BCUT2D eigenvalue weighted by Crippen LogP contribution is -2.49. The van der Waals surface area contributed by atoms with Crippen LogP contribution in [-0.4, -0.2) is 35.9 Å². The van der Waals surface area contributed by atoms with E-state index in [0.29, 0.717) is 10.5 Å². The summed E-state index contributed by atoms with van der Waals surface area (Å²) >= 11 is 2.09. The predicted octanol–water partition coefficient (Wildman–Crippen LogP) is 4.12. The van der Waals surface area contributed by atoms with Crippen LogP contribution in [0.4, 0.5) is 0 Å². The first-order chi connectivity index (χ1) is 9.58. The van der Waals surface area contributed by atoms with Gasteiger partial charge in [0.2, 0.25) is 0 Å². The maximum absolute atomic E-state index is 6.48. The van der Waals surface area contributed by atoms with Crippen molar-refractivity contribution in [3.8, 4) is 5.75 Å². The lowest BCUT2D eigenvalue weighted by Gasteiger charge is -2.46. The second kappa shape index (κ2) is 5.61. The highest BCUT2D eigenvalue weighted by atomic mass is 32.2. The van der Waals surface area contributed by atoms with E-state index >= 15 is 0 Å². The van der Waals surface area contributed by atoms with Crippen molar-refractivity contribution in [3.05, 3.63) is 29.8 Å². The second-order valence-electron chi connectivity index (χ2n) is 6.50. The average molecular weight is 291 g/mol. The zero-order valence-corrected chi connectivity index (χ0v) is 13.6. The second-order valence-corrected chi connectivity index (χ2v) is 8.29. The first-order valence-corrected chi connectivity index (χ1v) is 8.64. The van der Waals surface area contributed by atoms with Gasteiger partial charge in [-0.25, -0.2) is 0 Å². The van der Waals surface area contributed by atoms with E-state index in [1.54, 1.807) is 0 Å². The molecule has 2 heterocycles. The summed E-state index contributed by atoms with van der Waals surface area (Å²) in [7, 11) is 2.21. The number of hydrogen-bond donors (Lipinski definition) is 0. The topological polar surface area (TPSA) is 12.5 Å². The van der Waals surface area contributed by atoms with Gasteiger partial charge in [-0.05, 0) is 31.2 Å². The number of likely N-dealkylation sites (tertiary alicyclic amines) is 1. The van der Waals surface area contributed by atoms with Crippen LogP contribution in [0.15, 0.2) is 24.3 Å². The third kappa shape index (κ3) is 2.84. The molecule has 0 aromatic heterocycles. The fourth-order valence-corrected chi connectivity index (χ4v) is 4.74. The SMILES string of the molecule is CC(C)SC1CC2(CCN(C)CC2)Oc2ccccc21. The van der Waals surface area contributed by atoms with Gasteiger partial charge in [-0.2, -0.15) is 11.8 Å². The molecular weight excluding hydrogens is 266 g/mol. The predicted molar refractivity (Wildman–Crippen MR) is 86.6 cm³/mol. The van der Waals surface area contributed by atoms with Crippen molar-refractivity contribution in [1.29, 1.82) is 0 Å². The number of benzene rings is 1. The molecule has 0 bridgehead atoms. The van der Waals surface area contributed by atoms with E-state index in [4.69, 9.17) is 4.74 Å². The number of nitrogens with zero attached hydrogens (tertiary/aromatic N) is 1. The highest BCUT2D eigenvalue weighted by molar-refractivity contribution is 8.00. The standard InChI is InChI=1S/C17H25NOS/c1-13(2)20-16-12-17(8-10-18(3)11-9-17)19-15-7-5-4-6-14(15)16/h4-7,13,16H,8-12H2,1-3H3. The number of piperidine rings is 1. The van der Waals surface area contributed by atoms with Gasteiger partial charge in [0, 0.05) is 30.3 Å². The molecule has 110 valence electrons. The molecule has 2 aliphatic rings. The van der Waals surface area contributed by atoms with Gasteiger partial charge in [0.1, 0.15) is 11.4 Å². The number of rotatable bonds is 2. The molecule has 0 aliphatic carbocycles. The van der Waals surface area contributed by atoms with Gasteiger partial charge in [-0.15, -0.1) is 0 Å². The minimum atomic E-state index is 0.0768. The Bertz CT molecular complexity index is 466. The molecule has 1 unspecified atom stereocenters. The Labute approximate surface area is 126 Å². The van der Waals surface area contributed by atoms with Crippen LogP contribution in [0.2, 0.25) is 0 Å². The molecular formula is C17H25NOS. The molecule has 1 saturated heterocycles. The monoisotopic (exact) mass is 291 g/mol. The largest absolute Gasteiger partial charge is 0.487 e. The number of fused-ring (bicyclic) bond motifs is 1. The molecule has 1 atom stereocenters. The van der Waals surface area contributed by atoms with Gasteiger partial charge in [-0.1, -0.05) is 32.0 Å². The molecule has 2 aliphatic heterocycles. The van der Waals surface area contributed by atoms with E-state index < -0.39 is 0 Å². The van der Waals surface area contributed by atoms with E-state index in [1.807, 2.05) is 0 Å². The minimum Gasteiger partial charge on any atom is -0.487 e. The maximum atomic E-state index is 6.48. The van der Waals surface area contributed by atoms with Gasteiger partial charge in [0.25, 0.3) is 0 Å². The van der Waals surface area contributed by atoms with Crippen molar-refractivity contribution in [1.82, 2.24) is 4.90 Å². The Morgan fingerprint density at radius 1 is 1.25 bits per heavy atom. The van der Waals surface area contributed by atoms with Crippen molar-refractivity contribution < 1.29 is 4.74 Å². The molecule has 1 aromatic carbocycles.